The van der Waals surface area contributed by atoms with Crippen LogP contribution in [-0.4, -0.2) is 90.4 Å². The van der Waals surface area contributed by atoms with E-state index < -0.39 is 6.10 Å². The van der Waals surface area contributed by atoms with Crippen LogP contribution in [0.15, 0.2) is 35.2 Å². The summed E-state index contributed by atoms with van der Waals surface area (Å²) in [4.78, 5) is 38.1. The summed E-state index contributed by atoms with van der Waals surface area (Å²) in [7, 11) is 0. The van der Waals surface area contributed by atoms with Crippen LogP contribution in [0.4, 0.5) is 0 Å². The van der Waals surface area contributed by atoms with Gasteiger partial charge in [-0.2, -0.15) is 0 Å². The van der Waals surface area contributed by atoms with Gasteiger partial charge in [-0.3, -0.25) is 14.4 Å². The van der Waals surface area contributed by atoms with Gasteiger partial charge in [-0.1, -0.05) is 64.2 Å². The van der Waals surface area contributed by atoms with E-state index in [-0.39, 0.29) is 36.0 Å². The number of hydrogen-bond acceptors (Lipinski definition) is 7. The van der Waals surface area contributed by atoms with Crippen molar-refractivity contribution in [2.75, 3.05) is 38.5 Å². The topological polar surface area (TPSA) is 123 Å². The summed E-state index contributed by atoms with van der Waals surface area (Å²) in [6, 6.07) is 9.46. The van der Waals surface area contributed by atoms with E-state index in [0.29, 0.717) is 18.7 Å². The lowest BCUT2D eigenvalue weighted by Gasteiger charge is -2.42. The Kier molecular flexibility index (Phi) is 22.2. The molecule has 2 heterocycles. The number of nitrogens with zero attached hydrogens (tertiary/aromatic N) is 1. The second-order valence-corrected chi connectivity index (χ2v) is 14.7. The van der Waals surface area contributed by atoms with E-state index in [1.807, 2.05) is 51.1 Å². The Morgan fingerprint density at radius 1 is 1.04 bits per heavy atom. The quantitative estimate of drug-likeness (QED) is 0.125. The molecule has 3 fully saturated rings. The highest BCUT2D eigenvalue weighted by Crippen LogP contribution is 2.36. The third-order valence-corrected chi connectivity index (χ3v) is 9.73. The first-order valence-corrected chi connectivity index (χ1v) is 18.5. The predicted octanol–water partition coefficient (Wildman–Crippen LogP) is 4.59. The van der Waals surface area contributed by atoms with E-state index in [2.05, 4.69) is 52.9 Å². The molecule has 1 aromatic carbocycles. The van der Waals surface area contributed by atoms with E-state index in [4.69, 9.17) is 0 Å². The lowest BCUT2D eigenvalue weighted by Crippen LogP contribution is -2.54. The lowest BCUT2D eigenvalue weighted by atomic mass is 9.75. The van der Waals surface area contributed by atoms with Gasteiger partial charge in [-0.25, -0.2) is 0 Å². The molecule has 0 bridgehead atoms. The molecule has 0 aromatic heterocycles. The maximum absolute atomic E-state index is 12.7. The molecule has 1 aliphatic carbocycles. The number of nitrogens with one attached hydrogen (secondary N) is 4. The number of piperidine rings is 1. The maximum Gasteiger partial charge on any atom is 0.239 e. The Hall–Kier alpha value is -2.58. The molecule has 3 amide bonds. The summed E-state index contributed by atoms with van der Waals surface area (Å²) in [5.74, 6) is 1.80. The number of rotatable bonds is 12. The summed E-state index contributed by atoms with van der Waals surface area (Å²) in [6.07, 6.45) is 19.0. The highest BCUT2D eigenvalue weighted by atomic mass is 32.2. The monoisotopic (exact) mass is 673 g/mol. The summed E-state index contributed by atoms with van der Waals surface area (Å²) in [5, 5.41) is 22.7. The van der Waals surface area contributed by atoms with E-state index in [9.17, 15) is 19.5 Å². The maximum atomic E-state index is 12.7. The van der Waals surface area contributed by atoms with Crippen LogP contribution >= 0.6 is 11.8 Å². The molecule has 10 heteroatoms. The van der Waals surface area contributed by atoms with Gasteiger partial charge in [0.1, 0.15) is 0 Å². The zero-order valence-electron chi connectivity index (χ0n) is 29.6. The number of thioether (sulfide) groups is 1. The van der Waals surface area contributed by atoms with E-state index in [1.165, 1.54) is 44.9 Å². The molecule has 5 atom stereocenters. The molecule has 1 unspecified atom stereocenters. The minimum atomic E-state index is -0.660. The van der Waals surface area contributed by atoms with Crippen molar-refractivity contribution in [2.24, 2.45) is 11.8 Å². The number of aliphatic hydroxyl groups excluding tert-OH is 1. The molecule has 1 aromatic rings. The Morgan fingerprint density at radius 3 is 2.26 bits per heavy atom. The van der Waals surface area contributed by atoms with Gasteiger partial charge < -0.3 is 31.3 Å². The number of terminal acetylenes is 1. The second-order valence-electron chi connectivity index (χ2n) is 13.6. The first-order chi connectivity index (χ1) is 22.6. The smallest absolute Gasteiger partial charge is 0.239 e. The lowest BCUT2D eigenvalue weighted by molar-refractivity contribution is -0.127. The number of aliphatic hydroxyl groups is 1. The number of unbranched alkanes of at least 4 members (excludes halogenated alkanes) is 1. The van der Waals surface area contributed by atoms with Crippen molar-refractivity contribution in [2.45, 2.75) is 121 Å². The molecule has 4 rings (SSSR count). The average Bonchev–Trinajstić information content (AvgIpc) is 3.62. The SMILES string of the molecule is C#C.CC(C)(C)NC=O.CCCC.O=C(CNC(=O)C1CCCN1)N[C@@H](CSc1ccccc1)[C@H](O)CN1CC[C@@H]2CCCC[C@@H]2C1. The summed E-state index contributed by atoms with van der Waals surface area (Å²) < 4.78 is 0. The van der Waals surface area contributed by atoms with Crippen molar-refractivity contribution in [3.8, 4) is 12.8 Å². The number of β-amino-alcohol motifs (C(OH)–C–C–N with tert-alkyl or cyclic N) is 1. The van der Waals surface area contributed by atoms with Crippen LogP contribution in [0, 0.1) is 24.7 Å². The Labute approximate surface area is 289 Å². The van der Waals surface area contributed by atoms with Crippen LogP contribution in [0.2, 0.25) is 0 Å². The largest absolute Gasteiger partial charge is 0.390 e. The minimum absolute atomic E-state index is 0.0658. The zero-order valence-corrected chi connectivity index (χ0v) is 30.5. The molecular formula is C37H63N5O4S. The van der Waals surface area contributed by atoms with Crippen LogP contribution in [0.3, 0.4) is 0 Å². The number of likely N-dealkylation sites (tertiary alicyclic amines) is 1. The van der Waals surface area contributed by atoms with Crippen molar-refractivity contribution in [3.05, 3.63) is 30.3 Å². The fraction of sp³-hybridized carbons (Fsp3) is 0.703. The highest BCUT2D eigenvalue weighted by molar-refractivity contribution is 7.99. The van der Waals surface area contributed by atoms with Crippen molar-refractivity contribution in [1.82, 2.24) is 26.2 Å². The third-order valence-electron chi connectivity index (χ3n) is 8.60. The molecule has 5 N–H and O–H groups in total. The highest BCUT2D eigenvalue weighted by Gasteiger charge is 2.33. The first-order valence-electron chi connectivity index (χ1n) is 17.5. The summed E-state index contributed by atoms with van der Waals surface area (Å²) >= 11 is 1.63. The fourth-order valence-corrected chi connectivity index (χ4v) is 6.85. The molecular weight excluding hydrogens is 611 g/mol. The molecule has 47 heavy (non-hydrogen) atoms. The van der Waals surface area contributed by atoms with Gasteiger partial charge in [0.15, 0.2) is 0 Å². The van der Waals surface area contributed by atoms with Crippen molar-refractivity contribution < 1.29 is 19.5 Å². The van der Waals surface area contributed by atoms with Gasteiger partial charge in [0.05, 0.1) is 24.7 Å². The summed E-state index contributed by atoms with van der Waals surface area (Å²) in [5.41, 5.74) is -0.0677. The fourth-order valence-electron chi connectivity index (χ4n) is 5.82. The predicted molar refractivity (Wildman–Crippen MR) is 195 cm³/mol. The van der Waals surface area contributed by atoms with Crippen LogP contribution in [0.25, 0.3) is 0 Å². The van der Waals surface area contributed by atoms with Crippen molar-refractivity contribution >= 4 is 30.0 Å². The minimum Gasteiger partial charge on any atom is -0.390 e. The molecule has 1 saturated carbocycles. The van der Waals surface area contributed by atoms with E-state index >= 15 is 0 Å². The number of carbonyl (C=O) groups is 3. The number of hydrogen-bond donors (Lipinski definition) is 5. The van der Waals surface area contributed by atoms with Crippen LogP contribution in [0.5, 0.6) is 0 Å². The molecule has 0 radical (unpaired) electrons. The third kappa shape index (κ3) is 18.5. The Bertz CT molecular complexity index is 1010. The van der Waals surface area contributed by atoms with Gasteiger partial charge in [0, 0.05) is 29.3 Å². The van der Waals surface area contributed by atoms with Gasteiger partial charge in [-0.15, -0.1) is 24.6 Å². The van der Waals surface area contributed by atoms with Gasteiger partial charge in [0.2, 0.25) is 18.2 Å². The number of benzene rings is 1. The molecule has 2 saturated heterocycles. The van der Waals surface area contributed by atoms with Gasteiger partial charge in [-0.05, 0) is 83.5 Å². The molecule has 266 valence electrons. The second kappa shape index (κ2) is 24.5. The van der Waals surface area contributed by atoms with Gasteiger partial charge >= 0.3 is 0 Å². The molecule has 9 nitrogen and oxygen atoms in total. The number of amides is 3. The van der Waals surface area contributed by atoms with E-state index in [0.717, 1.165) is 49.2 Å². The number of carbonyl (C=O) groups excluding carboxylic acids is 3. The summed E-state index contributed by atoms with van der Waals surface area (Å²) in [6.45, 7) is 13.6. The Morgan fingerprint density at radius 2 is 1.70 bits per heavy atom. The number of fused-ring (bicyclic) bond motifs is 1. The van der Waals surface area contributed by atoms with Crippen LogP contribution in [0.1, 0.15) is 92.4 Å². The van der Waals surface area contributed by atoms with E-state index in [1.54, 1.807) is 11.8 Å². The Balaban J connectivity index is 0.000000726. The van der Waals surface area contributed by atoms with Crippen LogP contribution < -0.4 is 21.3 Å². The molecule has 3 aliphatic rings. The van der Waals surface area contributed by atoms with Gasteiger partial charge in [0.25, 0.3) is 0 Å². The van der Waals surface area contributed by atoms with Crippen molar-refractivity contribution in [3.63, 3.8) is 0 Å². The van der Waals surface area contributed by atoms with Crippen molar-refractivity contribution in [1.29, 1.82) is 0 Å². The molecule has 2 aliphatic heterocycles. The first kappa shape index (κ1) is 42.4. The zero-order chi connectivity index (χ0) is 35.1. The average molecular weight is 674 g/mol. The normalized spacial score (nSPS) is 21.7. The standard InChI is InChI=1S/C26H40N4O3S.C5H11NO.C4H10.C2H2/c31-24(17-30-14-12-19-7-4-5-8-20(19)16-30)23(18-34-21-9-2-1-3-10-21)29-25(32)15-28-26(33)22-11-6-13-27-22;1-5(2,3)6-4-7;1-3-4-2;1-2/h1-3,9-10,19-20,22-24,27,31H,4-8,11-18H2,(H,28,33)(H,29,32);4H,1-3H3,(H,6,7);3-4H2,1-2H3;1-2H/t19-,20+,22?,23-,24+;;;/m0.../s1. The van der Waals surface area contributed by atoms with Crippen LogP contribution in [-0.2, 0) is 14.4 Å². The molecule has 0 spiro atoms.